The van der Waals surface area contributed by atoms with Gasteiger partial charge in [0.15, 0.2) is 0 Å². The molecule has 2 unspecified atom stereocenters. The highest BCUT2D eigenvalue weighted by atomic mass is 35.5. The van der Waals surface area contributed by atoms with Gasteiger partial charge in [0.1, 0.15) is 0 Å². The van der Waals surface area contributed by atoms with E-state index in [-0.39, 0.29) is 0 Å². The van der Waals surface area contributed by atoms with Crippen LogP contribution >= 0.6 is 23.2 Å². The van der Waals surface area contributed by atoms with Crippen LogP contribution < -0.4 is 9.47 Å². The van der Waals surface area contributed by atoms with E-state index in [0.29, 0.717) is 33.6 Å². The lowest BCUT2D eigenvalue weighted by Gasteiger charge is -2.19. The van der Waals surface area contributed by atoms with Gasteiger partial charge in [-0.15, -0.1) is 0 Å². The van der Waals surface area contributed by atoms with Crippen molar-refractivity contribution in [2.24, 2.45) is 0 Å². The first-order valence-corrected chi connectivity index (χ1v) is 19.2. The van der Waals surface area contributed by atoms with Crippen LogP contribution in [0.3, 0.4) is 0 Å². The van der Waals surface area contributed by atoms with Crippen molar-refractivity contribution in [3.63, 3.8) is 0 Å². The molecule has 0 spiro atoms. The average Bonchev–Trinajstić information content (AvgIpc) is 3.90. The molecule has 8 rings (SSSR count). The summed E-state index contributed by atoms with van der Waals surface area (Å²) in [6.45, 7) is 5.40. The van der Waals surface area contributed by atoms with Crippen LogP contribution in [0.15, 0.2) is 109 Å². The highest BCUT2D eigenvalue weighted by Gasteiger charge is 2.27. The van der Waals surface area contributed by atoms with Crippen molar-refractivity contribution >= 4 is 23.2 Å². The van der Waals surface area contributed by atoms with Crippen LogP contribution in [0.4, 0.5) is 0 Å². The third-order valence-electron chi connectivity index (χ3n) is 10.6. The Hall–Kier alpha value is -4.86. The van der Waals surface area contributed by atoms with Crippen molar-refractivity contribution in [2.75, 3.05) is 40.4 Å². The summed E-state index contributed by atoms with van der Waals surface area (Å²) >= 11 is 14.4. The maximum atomic E-state index is 7.20. The molecular weight excluding hydrogens is 715 g/mol. The minimum Gasteiger partial charge on any atom is -0.481 e. The number of hydrogen-bond acceptors (Lipinski definition) is 8. The fourth-order valence-corrected chi connectivity index (χ4v) is 8.51. The molecule has 6 heterocycles. The number of likely N-dealkylation sites (tertiary alicyclic amines) is 2. The summed E-state index contributed by atoms with van der Waals surface area (Å²) in [5, 5.41) is 1.12. The second-order valence-corrected chi connectivity index (χ2v) is 14.8. The SMILES string of the molecule is COc1nc(-c2cccc(-c3cccc(-c4ccc(CN5CCC(c6ccccn6)C5)c(OC)n4)c3Cl)c2Cl)ccc1CN1CCC(c2ccccn2)C1. The molecule has 2 fully saturated rings. The molecule has 2 aliphatic rings. The van der Waals surface area contributed by atoms with Crippen LogP contribution in [0, 0.1) is 0 Å². The Morgan fingerprint density at radius 3 is 1.41 bits per heavy atom. The first kappa shape index (κ1) is 36.1. The van der Waals surface area contributed by atoms with Gasteiger partial charge in [-0.25, -0.2) is 9.97 Å². The molecule has 6 aromatic rings. The number of aromatic nitrogens is 4. The number of rotatable bonds is 11. The summed E-state index contributed by atoms with van der Waals surface area (Å²) in [6.07, 6.45) is 5.91. The topological polar surface area (TPSA) is 76.5 Å². The van der Waals surface area contributed by atoms with E-state index < -0.39 is 0 Å². The van der Waals surface area contributed by atoms with Crippen LogP contribution in [0.25, 0.3) is 33.6 Å². The molecule has 54 heavy (non-hydrogen) atoms. The number of nitrogens with zero attached hydrogens (tertiary/aromatic N) is 6. The van der Waals surface area contributed by atoms with Crippen molar-refractivity contribution < 1.29 is 9.47 Å². The highest BCUT2D eigenvalue weighted by Crippen LogP contribution is 2.43. The van der Waals surface area contributed by atoms with Gasteiger partial charge in [0.25, 0.3) is 0 Å². The molecule has 2 aliphatic heterocycles. The molecule has 0 N–H and O–H groups in total. The molecule has 8 nitrogen and oxygen atoms in total. The summed E-state index contributed by atoms with van der Waals surface area (Å²) in [6, 6.07) is 32.4. The van der Waals surface area contributed by atoms with E-state index in [1.54, 1.807) is 14.2 Å². The Kier molecular flexibility index (Phi) is 10.9. The largest absolute Gasteiger partial charge is 0.481 e. The number of hydrogen-bond donors (Lipinski definition) is 0. The van der Waals surface area contributed by atoms with Crippen molar-refractivity contribution in [1.82, 2.24) is 29.7 Å². The molecule has 2 aromatic carbocycles. The van der Waals surface area contributed by atoms with Crippen LogP contribution in [-0.2, 0) is 13.1 Å². The molecular formula is C44H42Cl2N6O2. The maximum absolute atomic E-state index is 7.20. The molecule has 274 valence electrons. The van der Waals surface area contributed by atoms with Gasteiger partial charge < -0.3 is 9.47 Å². The minimum atomic E-state index is 0.431. The predicted octanol–water partition coefficient (Wildman–Crippen LogP) is 9.57. The van der Waals surface area contributed by atoms with E-state index in [9.17, 15) is 0 Å². The van der Waals surface area contributed by atoms with Gasteiger partial charge >= 0.3 is 0 Å². The summed E-state index contributed by atoms with van der Waals surface area (Å²) < 4.78 is 11.6. The Morgan fingerprint density at radius 1 is 0.556 bits per heavy atom. The lowest BCUT2D eigenvalue weighted by molar-refractivity contribution is 0.313. The zero-order valence-corrected chi connectivity index (χ0v) is 32.0. The minimum absolute atomic E-state index is 0.431. The first-order chi connectivity index (χ1) is 26.5. The molecule has 0 aliphatic carbocycles. The molecule has 0 saturated carbocycles. The van der Waals surface area contributed by atoms with Gasteiger partial charge in [0.2, 0.25) is 11.8 Å². The zero-order valence-electron chi connectivity index (χ0n) is 30.5. The summed E-state index contributed by atoms with van der Waals surface area (Å²) in [5.74, 6) is 2.05. The normalized spacial score (nSPS) is 17.6. The first-order valence-electron chi connectivity index (χ1n) is 18.4. The fourth-order valence-electron chi connectivity index (χ4n) is 7.86. The number of pyridine rings is 4. The van der Waals surface area contributed by atoms with Crippen molar-refractivity contribution in [2.45, 2.75) is 37.8 Å². The fraction of sp³-hybridized carbons (Fsp3) is 0.273. The maximum Gasteiger partial charge on any atom is 0.218 e. The second kappa shape index (κ2) is 16.2. The summed E-state index contributed by atoms with van der Waals surface area (Å²) in [7, 11) is 3.33. The van der Waals surface area contributed by atoms with Gasteiger partial charge in [0.05, 0.1) is 35.7 Å². The molecule has 0 radical (unpaired) electrons. The quantitative estimate of drug-likeness (QED) is 0.129. The number of halogens is 2. The third-order valence-corrected chi connectivity index (χ3v) is 11.5. The van der Waals surface area contributed by atoms with Gasteiger partial charge in [-0.05, 0) is 62.3 Å². The lowest BCUT2D eigenvalue weighted by Crippen LogP contribution is -2.20. The van der Waals surface area contributed by atoms with E-state index in [0.717, 1.165) is 108 Å². The number of ether oxygens (including phenoxy) is 2. The van der Waals surface area contributed by atoms with Crippen LogP contribution in [0.1, 0.15) is 47.2 Å². The molecule has 0 amide bonds. The Balaban J connectivity index is 1.01. The van der Waals surface area contributed by atoms with E-state index >= 15 is 0 Å². The monoisotopic (exact) mass is 756 g/mol. The zero-order chi connectivity index (χ0) is 37.0. The third kappa shape index (κ3) is 7.57. The molecule has 4 aromatic heterocycles. The molecule has 0 bridgehead atoms. The summed E-state index contributed by atoms with van der Waals surface area (Å²) in [4.78, 5) is 23.9. The molecule has 2 atom stereocenters. The standard InChI is InChI=1S/C44H42Cl2N6O2/c1-53-43-31(27-51-23-19-29(25-51)37-13-3-5-21-47-37)15-17-39(49-43)35-11-7-9-33(41(35)45)34-10-8-12-36(42(34)46)40-18-16-32(44(50-40)54-2)28-52-24-20-30(26-52)38-14-4-6-22-48-38/h3-18,21-22,29-30H,19-20,23-28H2,1-2H3. The van der Waals surface area contributed by atoms with Gasteiger partial charge in [-0.1, -0.05) is 83.9 Å². The van der Waals surface area contributed by atoms with Gasteiger partial charge in [-0.2, -0.15) is 0 Å². The van der Waals surface area contributed by atoms with Crippen molar-refractivity contribution in [3.8, 4) is 45.4 Å². The number of benzene rings is 2. The van der Waals surface area contributed by atoms with Crippen LogP contribution in [-0.4, -0.2) is 70.1 Å². The second-order valence-electron chi connectivity index (χ2n) is 14.0. The van der Waals surface area contributed by atoms with Crippen LogP contribution in [0.5, 0.6) is 11.8 Å². The molecule has 2 saturated heterocycles. The Morgan fingerprint density at radius 2 is 1.00 bits per heavy atom. The van der Waals surface area contributed by atoms with Crippen LogP contribution in [0.2, 0.25) is 10.0 Å². The predicted molar refractivity (Wildman–Crippen MR) is 215 cm³/mol. The molecule has 10 heteroatoms. The van der Waals surface area contributed by atoms with E-state index in [1.807, 2.05) is 73.1 Å². The van der Waals surface area contributed by atoms with Crippen molar-refractivity contribution in [1.29, 1.82) is 0 Å². The van der Waals surface area contributed by atoms with E-state index in [1.165, 1.54) is 0 Å². The highest BCUT2D eigenvalue weighted by molar-refractivity contribution is 6.39. The van der Waals surface area contributed by atoms with Crippen molar-refractivity contribution in [3.05, 3.63) is 142 Å². The number of methoxy groups -OCH3 is 2. The Labute approximate surface area is 326 Å². The average molecular weight is 758 g/mol. The smallest absolute Gasteiger partial charge is 0.218 e. The van der Waals surface area contributed by atoms with Gasteiger partial charge in [-0.3, -0.25) is 19.8 Å². The van der Waals surface area contributed by atoms with Gasteiger partial charge in [0, 0.05) is 95.2 Å². The summed E-state index contributed by atoms with van der Waals surface area (Å²) in [5.41, 5.74) is 9.05. The van der Waals surface area contributed by atoms with E-state index in [4.69, 9.17) is 42.6 Å². The Bertz CT molecular complexity index is 2080. The van der Waals surface area contributed by atoms with E-state index in [2.05, 4.69) is 56.2 Å². The lowest BCUT2D eigenvalue weighted by atomic mass is 9.98.